The Hall–Kier alpha value is -1.48. The molecule has 1 fully saturated rings. The van der Waals surface area contributed by atoms with Crippen LogP contribution in [0.5, 0.6) is 0 Å². The molecule has 0 saturated heterocycles. The molecular weight excluding hydrogens is 332 g/mol. The van der Waals surface area contributed by atoms with Crippen LogP contribution in [0, 0.1) is 0 Å². The molecule has 0 radical (unpaired) electrons. The van der Waals surface area contributed by atoms with Crippen LogP contribution in [0.25, 0.3) is 0 Å². The van der Waals surface area contributed by atoms with Crippen LogP contribution >= 0.6 is 0 Å². The second-order valence-electron chi connectivity index (χ2n) is 5.73. The van der Waals surface area contributed by atoms with Gasteiger partial charge < -0.3 is 14.4 Å². The van der Waals surface area contributed by atoms with Crippen LogP contribution in [0.2, 0.25) is 0 Å². The van der Waals surface area contributed by atoms with Gasteiger partial charge in [-0.1, -0.05) is 0 Å². The number of nitrogens with one attached hydrogen (secondary N) is 1. The summed E-state index contributed by atoms with van der Waals surface area (Å²) in [5.74, 6) is -0.122. The van der Waals surface area contributed by atoms with Gasteiger partial charge in [-0.3, -0.25) is 4.79 Å². The number of benzene rings is 1. The molecule has 134 valence electrons. The van der Waals surface area contributed by atoms with Crippen molar-refractivity contribution in [3.05, 3.63) is 24.3 Å². The van der Waals surface area contributed by atoms with Gasteiger partial charge in [0.1, 0.15) is 0 Å². The first-order chi connectivity index (χ1) is 11.3. The molecule has 1 aliphatic rings. The second-order valence-corrected chi connectivity index (χ2v) is 7.44. The van der Waals surface area contributed by atoms with E-state index in [-0.39, 0.29) is 29.1 Å². The average molecular weight is 356 g/mol. The first-order valence-electron chi connectivity index (χ1n) is 7.81. The number of amides is 1. The van der Waals surface area contributed by atoms with E-state index in [1.165, 1.54) is 24.0 Å². The average Bonchev–Trinajstić information content (AvgIpc) is 2.53. The van der Waals surface area contributed by atoms with Crippen LogP contribution in [0.4, 0.5) is 5.69 Å². The van der Waals surface area contributed by atoms with Gasteiger partial charge in [-0.05, 0) is 37.6 Å². The number of methoxy groups -OCH3 is 1. The van der Waals surface area contributed by atoms with Crippen LogP contribution in [0.15, 0.2) is 29.2 Å². The molecule has 0 spiro atoms. The van der Waals surface area contributed by atoms with E-state index in [4.69, 9.17) is 9.47 Å². The SMILES string of the molecule is CCO[C@@H]1C[C@H](NS(=O)(=O)c2ccc(N(C)C(C)=O)cc2)[C@H]1OC. The number of carbonyl (C=O) groups excluding carboxylic acids is 1. The van der Waals surface area contributed by atoms with E-state index < -0.39 is 10.0 Å². The molecule has 1 aliphatic carbocycles. The third-order valence-corrected chi connectivity index (χ3v) is 5.72. The van der Waals surface area contributed by atoms with Gasteiger partial charge in [-0.25, -0.2) is 13.1 Å². The van der Waals surface area contributed by atoms with Gasteiger partial charge in [-0.15, -0.1) is 0 Å². The molecular formula is C16H24N2O5S. The molecule has 0 aliphatic heterocycles. The summed E-state index contributed by atoms with van der Waals surface area (Å²) in [5.41, 5.74) is 0.635. The highest BCUT2D eigenvalue weighted by Gasteiger charge is 2.44. The summed E-state index contributed by atoms with van der Waals surface area (Å²) in [6.07, 6.45) is 0.207. The third-order valence-electron chi connectivity index (χ3n) is 4.22. The number of anilines is 1. The lowest BCUT2D eigenvalue weighted by molar-refractivity contribution is -0.126. The van der Waals surface area contributed by atoms with Crippen molar-refractivity contribution in [3.63, 3.8) is 0 Å². The van der Waals surface area contributed by atoms with Crippen molar-refractivity contribution >= 4 is 21.6 Å². The standard InChI is InChI=1S/C16H24N2O5S/c1-5-23-15-10-14(16(15)22-4)17-24(20,21)13-8-6-12(7-9-13)18(3)11(2)19/h6-9,14-17H,5,10H2,1-4H3/t14-,15+,16+/m0/s1. The van der Waals surface area contributed by atoms with E-state index in [0.29, 0.717) is 18.7 Å². The predicted octanol–water partition coefficient (Wildman–Crippen LogP) is 1.14. The molecule has 3 atom stereocenters. The monoisotopic (exact) mass is 356 g/mol. The highest BCUT2D eigenvalue weighted by molar-refractivity contribution is 7.89. The first-order valence-corrected chi connectivity index (χ1v) is 9.29. The molecule has 1 aromatic rings. The van der Waals surface area contributed by atoms with Crippen molar-refractivity contribution in [1.82, 2.24) is 4.72 Å². The van der Waals surface area contributed by atoms with Crippen LogP contribution in [-0.4, -0.2) is 53.3 Å². The normalized spacial score (nSPS) is 23.6. The number of carbonyl (C=O) groups is 1. The van der Waals surface area contributed by atoms with Crippen LogP contribution < -0.4 is 9.62 Å². The molecule has 24 heavy (non-hydrogen) atoms. The molecule has 1 aromatic carbocycles. The largest absolute Gasteiger partial charge is 0.377 e. The fraction of sp³-hybridized carbons (Fsp3) is 0.562. The van der Waals surface area contributed by atoms with Gasteiger partial charge >= 0.3 is 0 Å². The maximum Gasteiger partial charge on any atom is 0.240 e. The number of ether oxygens (including phenoxy) is 2. The molecule has 1 N–H and O–H groups in total. The lowest BCUT2D eigenvalue weighted by atomic mass is 9.86. The number of hydrogen-bond donors (Lipinski definition) is 1. The topological polar surface area (TPSA) is 84.9 Å². The number of rotatable bonds is 7. The Kier molecular flexibility index (Phi) is 5.97. The van der Waals surface area contributed by atoms with Gasteiger partial charge in [0.25, 0.3) is 0 Å². The Morgan fingerprint density at radius 3 is 2.46 bits per heavy atom. The molecule has 1 amide bonds. The van der Waals surface area contributed by atoms with E-state index in [2.05, 4.69) is 4.72 Å². The van der Waals surface area contributed by atoms with Crippen molar-refractivity contribution in [1.29, 1.82) is 0 Å². The van der Waals surface area contributed by atoms with Gasteiger partial charge in [0.15, 0.2) is 0 Å². The number of nitrogens with zero attached hydrogens (tertiary/aromatic N) is 1. The molecule has 0 unspecified atom stereocenters. The summed E-state index contributed by atoms with van der Waals surface area (Å²) in [4.78, 5) is 12.9. The Morgan fingerprint density at radius 2 is 1.96 bits per heavy atom. The maximum atomic E-state index is 12.5. The zero-order valence-electron chi connectivity index (χ0n) is 14.4. The highest BCUT2D eigenvalue weighted by Crippen LogP contribution is 2.28. The van der Waals surface area contributed by atoms with E-state index in [1.807, 2.05) is 6.92 Å². The number of sulfonamides is 1. The van der Waals surface area contributed by atoms with Gasteiger partial charge in [0, 0.05) is 33.4 Å². The minimum Gasteiger partial charge on any atom is -0.377 e. The van der Waals surface area contributed by atoms with E-state index >= 15 is 0 Å². The minimum atomic E-state index is -3.65. The van der Waals surface area contributed by atoms with Crippen molar-refractivity contribution in [2.24, 2.45) is 0 Å². The molecule has 0 heterocycles. The summed E-state index contributed by atoms with van der Waals surface area (Å²) in [7, 11) is -0.474. The highest BCUT2D eigenvalue weighted by atomic mass is 32.2. The van der Waals surface area contributed by atoms with Crippen LogP contribution in [-0.2, 0) is 24.3 Å². The fourth-order valence-electron chi connectivity index (χ4n) is 2.69. The maximum absolute atomic E-state index is 12.5. The van der Waals surface area contributed by atoms with Gasteiger partial charge in [-0.2, -0.15) is 0 Å². The number of hydrogen-bond acceptors (Lipinski definition) is 5. The van der Waals surface area contributed by atoms with Crippen molar-refractivity contribution in [3.8, 4) is 0 Å². The van der Waals surface area contributed by atoms with Crippen LogP contribution in [0.1, 0.15) is 20.3 Å². The predicted molar refractivity (Wildman–Crippen MR) is 90.5 cm³/mol. The second kappa shape index (κ2) is 7.60. The zero-order valence-corrected chi connectivity index (χ0v) is 15.2. The molecule has 8 heteroatoms. The Balaban J connectivity index is 2.07. The Labute approximate surface area is 143 Å². The van der Waals surface area contributed by atoms with Crippen molar-refractivity contribution < 1.29 is 22.7 Å². The van der Waals surface area contributed by atoms with E-state index in [1.54, 1.807) is 26.3 Å². The molecule has 2 rings (SSSR count). The molecule has 0 aromatic heterocycles. The third kappa shape index (κ3) is 3.94. The molecule has 0 bridgehead atoms. The minimum absolute atomic E-state index is 0.0840. The quantitative estimate of drug-likeness (QED) is 0.792. The van der Waals surface area contributed by atoms with Gasteiger partial charge in [0.05, 0.1) is 23.1 Å². The summed E-state index contributed by atoms with van der Waals surface area (Å²) in [6, 6.07) is 5.87. The summed E-state index contributed by atoms with van der Waals surface area (Å²) in [6.45, 7) is 3.90. The summed E-state index contributed by atoms with van der Waals surface area (Å²) >= 11 is 0. The van der Waals surface area contributed by atoms with Crippen molar-refractivity contribution in [2.75, 3.05) is 25.7 Å². The lowest BCUT2D eigenvalue weighted by Gasteiger charge is -2.43. The Bertz CT molecular complexity index is 674. The van der Waals surface area contributed by atoms with Crippen LogP contribution in [0.3, 0.4) is 0 Å². The summed E-state index contributed by atoms with van der Waals surface area (Å²) in [5, 5.41) is 0. The molecule has 1 saturated carbocycles. The van der Waals surface area contributed by atoms with Gasteiger partial charge in [0.2, 0.25) is 15.9 Å². The smallest absolute Gasteiger partial charge is 0.240 e. The fourth-order valence-corrected chi connectivity index (χ4v) is 3.95. The Morgan fingerprint density at radius 1 is 1.33 bits per heavy atom. The van der Waals surface area contributed by atoms with E-state index in [0.717, 1.165) is 0 Å². The summed E-state index contributed by atoms with van der Waals surface area (Å²) < 4.78 is 38.5. The molecule has 7 nitrogen and oxygen atoms in total. The van der Waals surface area contributed by atoms with E-state index in [9.17, 15) is 13.2 Å². The lowest BCUT2D eigenvalue weighted by Crippen LogP contribution is -2.60. The zero-order chi connectivity index (χ0) is 17.9. The first kappa shape index (κ1) is 18.9. The van der Waals surface area contributed by atoms with Crippen molar-refractivity contribution in [2.45, 2.75) is 43.4 Å².